The third kappa shape index (κ3) is 4.08. The Morgan fingerprint density at radius 1 is 1.06 bits per heavy atom. The van der Waals surface area contributed by atoms with E-state index in [1.807, 2.05) is 24.3 Å². The molecule has 0 radical (unpaired) electrons. The fraction of sp³-hybridized carbons (Fsp3) is 0.333. The van der Waals surface area contributed by atoms with Crippen molar-refractivity contribution >= 4 is 23.7 Å². The Labute approximate surface area is 187 Å². The Hall–Kier alpha value is -3.68. The Balaban J connectivity index is 2.03. The van der Waals surface area contributed by atoms with E-state index >= 15 is 0 Å². The predicted octanol–water partition coefficient (Wildman–Crippen LogP) is 3.03. The molecule has 1 fully saturated rings. The quantitative estimate of drug-likeness (QED) is 0.364. The summed E-state index contributed by atoms with van der Waals surface area (Å²) in [5, 5.41) is 16.8. The van der Waals surface area contributed by atoms with Crippen LogP contribution in [-0.2, 0) is 27.1 Å². The first-order valence-electron chi connectivity index (χ1n) is 10.3. The summed E-state index contributed by atoms with van der Waals surface area (Å²) in [6, 6.07) is 13.7. The van der Waals surface area contributed by atoms with Crippen LogP contribution in [0, 0.1) is 5.41 Å². The molecule has 2 aromatic rings. The van der Waals surface area contributed by atoms with Gasteiger partial charge in [-0.1, -0.05) is 69.3 Å². The number of rotatable bonds is 6. The molecule has 0 aromatic heterocycles. The Bertz CT molecular complexity index is 1070. The number of nitrogens with zero attached hydrogens (tertiary/aromatic N) is 2. The highest BCUT2D eigenvalue weighted by Gasteiger charge is 2.55. The van der Waals surface area contributed by atoms with Crippen LogP contribution in [-0.4, -0.2) is 45.2 Å². The summed E-state index contributed by atoms with van der Waals surface area (Å²) in [6.07, 6.45) is 0. The first kappa shape index (κ1) is 23.0. The van der Waals surface area contributed by atoms with Crippen molar-refractivity contribution in [3.05, 3.63) is 70.8 Å². The average Bonchev–Trinajstić information content (AvgIpc) is 2.90. The van der Waals surface area contributed by atoms with Crippen molar-refractivity contribution in [2.24, 2.45) is 5.73 Å². The molecule has 3 amide bonds. The molecule has 8 nitrogen and oxygen atoms in total. The van der Waals surface area contributed by atoms with Crippen LogP contribution in [0.1, 0.15) is 49.9 Å². The molecule has 0 spiro atoms. The fourth-order valence-corrected chi connectivity index (χ4v) is 3.85. The maximum absolute atomic E-state index is 13.3. The molecule has 32 heavy (non-hydrogen) atoms. The van der Waals surface area contributed by atoms with Crippen LogP contribution in [0.4, 0.5) is 4.79 Å². The summed E-state index contributed by atoms with van der Waals surface area (Å²) >= 11 is 0. The second-order valence-electron chi connectivity index (χ2n) is 9.16. The molecule has 1 atom stereocenters. The van der Waals surface area contributed by atoms with E-state index in [2.05, 4.69) is 20.8 Å². The summed E-state index contributed by atoms with van der Waals surface area (Å²) in [5.41, 5.74) is 7.07. The van der Waals surface area contributed by atoms with Crippen LogP contribution in [0.5, 0.6) is 0 Å². The number of amidine groups is 1. The lowest BCUT2D eigenvalue weighted by Gasteiger charge is -2.32. The van der Waals surface area contributed by atoms with E-state index < -0.39 is 30.0 Å². The smallest absolute Gasteiger partial charge is 0.328 e. The Morgan fingerprint density at radius 2 is 1.62 bits per heavy atom. The molecule has 0 unspecified atom stereocenters. The van der Waals surface area contributed by atoms with Crippen molar-refractivity contribution in [1.29, 1.82) is 5.41 Å². The van der Waals surface area contributed by atoms with Crippen molar-refractivity contribution in [2.45, 2.75) is 45.2 Å². The van der Waals surface area contributed by atoms with E-state index in [9.17, 15) is 19.5 Å². The molecule has 2 aromatic carbocycles. The number of carboxylic acid groups (broad SMARTS) is 1. The van der Waals surface area contributed by atoms with Gasteiger partial charge in [0, 0.05) is 12.1 Å². The minimum absolute atomic E-state index is 0.0246. The summed E-state index contributed by atoms with van der Waals surface area (Å²) in [4.78, 5) is 39.9. The third-order valence-electron chi connectivity index (χ3n) is 5.88. The predicted molar refractivity (Wildman–Crippen MR) is 120 cm³/mol. The van der Waals surface area contributed by atoms with Gasteiger partial charge in [-0.15, -0.1) is 0 Å². The molecule has 1 aliphatic heterocycles. The van der Waals surface area contributed by atoms with Crippen LogP contribution < -0.4 is 5.73 Å². The number of carbonyl (C=O) groups is 3. The number of carboxylic acids is 1. The van der Waals surface area contributed by atoms with Crippen LogP contribution >= 0.6 is 0 Å². The summed E-state index contributed by atoms with van der Waals surface area (Å²) in [6.45, 7) is 7.36. The number of aliphatic carboxylic acids is 1. The number of nitrogens with two attached hydrogens (primary N) is 1. The summed E-state index contributed by atoms with van der Waals surface area (Å²) in [5.74, 6) is -1.98. The zero-order valence-corrected chi connectivity index (χ0v) is 18.7. The van der Waals surface area contributed by atoms with E-state index in [0.29, 0.717) is 11.1 Å². The maximum Gasteiger partial charge on any atom is 0.328 e. The lowest BCUT2D eigenvalue weighted by Crippen LogP contribution is -2.44. The van der Waals surface area contributed by atoms with Crippen LogP contribution in [0.15, 0.2) is 48.5 Å². The van der Waals surface area contributed by atoms with Crippen molar-refractivity contribution in [3.8, 4) is 0 Å². The van der Waals surface area contributed by atoms with Gasteiger partial charge in [0.1, 0.15) is 17.9 Å². The van der Waals surface area contributed by atoms with Gasteiger partial charge in [0.05, 0.1) is 0 Å². The third-order valence-corrected chi connectivity index (χ3v) is 5.88. The molecular formula is C24H28N4O4. The number of nitrogen functional groups attached to an aromatic ring is 1. The van der Waals surface area contributed by atoms with E-state index in [-0.39, 0.29) is 17.8 Å². The molecule has 168 valence electrons. The van der Waals surface area contributed by atoms with Gasteiger partial charge in [0.25, 0.3) is 5.91 Å². The molecule has 8 heteroatoms. The summed E-state index contributed by atoms with van der Waals surface area (Å²) in [7, 11) is 0. The monoisotopic (exact) mass is 436 g/mol. The number of hydrogen-bond acceptors (Lipinski definition) is 4. The number of urea groups is 1. The lowest BCUT2D eigenvalue weighted by molar-refractivity contribution is -0.143. The van der Waals surface area contributed by atoms with Crippen LogP contribution in [0.25, 0.3) is 0 Å². The number of imide groups is 1. The standard InChI is InChI=1S/C24H28N4O4/c1-23(2,3)17-9-5-15(6-10-17)13-28-22(32)27(14-19(29)30)21(31)24(28,4)18-11-7-16(8-12-18)20(25)26/h5-12H,13-14H2,1-4H3,(H3,25,26)(H,29,30)/t24-/m0/s1. The molecule has 3 rings (SSSR count). The molecule has 0 aliphatic carbocycles. The van der Waals surface area contributed by atoms with Gasteiger partial charge in [0.15, 0.2) is 0 Å². The van der Waals surface area contributed by atoms with Crippen molar-refractivity contribution in [2.75, 3.05) is 6.54 Å². The normalized spacial score (nSPS) is 18.9. The highest BCUT2D eigenvalue weighted by atomic mass is 16.4. The summed E-state index contributed by atoms with van der Waals surface area (Å²) < 4.78 is 0. The van der Waals surface area contributed by atoms with E-state index in [1.54, 1.807) is 31.2 Å². The van der Waals surface area contributed by atoms with E-state index in [4.69, 9.17) is 11.1 Å². The first-order valence-corrected chi connectivity index (χ1v) is 10.3. The van der Waals surface area contributed by atoms with Gasteiger partial charge in [-0.2, -0.15) is 0 Å². The molecule has 1 aliphatic rings. The number of nitrogens with one attached hydrogen (secondary N) is 1. The molecule has 0 saturated carbocycles. The van der Waals surface area contributed by atoms with E-state index in [1.165, 1.54) is 4.90 Å². The number of carbonyl (C=O) groups excluding carboxylic acids is 2. The van der Waals surface area contributed by atoms with Gasteiger partial charge in [0.2, 0.25) is 0 Å². The van der Waals surface area contributed by atoms with E-state index in [0.717, 1.165) is 16.0 Å². The Kier molecular flexibility index (Phi) is 5.82. The zero-order valence-electron chi connectivity index (χ0n) is 18.7. The molecule has 0 bridgehead atoms. The number of amides is 3. The van der Waals surface area contributed by atoms with Crippen LogP contribution in [0.2, 0.25) is 0 Å². The lowest BCUT2D eigenvalue weighted by atomic mass is 9.86. The second kappa shape index (κ2) is 8.11. The molecular weight excluding hydrogens is 408 g/mol. The van der Waals surface area contributed by atoms with Gasteiger partial charge < -0.3 is 15.7 Å². The van der Waals surface area contributed by atoms with Gasteiger partial charge >= 0.3 is 12.0 Å². The minimum Gasteiger partial charge on any atom is -0.480 e. The highest BCUT2D eigenvalue weighted by Crippen LogP contribution is 2.38. The molecule has 1 saturated heterocycles. The largest absolute Gasteiger partial charge is 0.480 e. The van der Waals surface area contributed by atoms with Crippen molar-refractivity contribution in [1.82, 2.24) is 9.80 Å². The number of hydrogen-bond donors (Lipinski definition) is 3. The fourth-order valence-electron chi connectivity index (χ4n) is 3.85. The Morgan fingerprint density at radius 3 is 2.09 bits per heavy atom. The van der Waals surface area contributed by atoms with Gasteiger partial charge in [-0.25, -0.2) is 4.79 Å². The van der Waals surface area contributed by atoms with Crippen molar-refractivity contribution < 1.29 is 19.5 Å². The van der Waals surface area contributed by atoms with Crippen molar-refractivity contribution in [3.63, 3.8) is 0 Å². The van der Waals surface area contributed by atoms with Gasteiger partial charge in [-0.05, 0) is 29.0 Å². The topological polar surface area (TPSA) is 128 Å². The van der Waals surface area contributed by atoms with Crippen LogP contribution in [0.3, 0.4) is 0 Å². The minimum atomic E-state index is -1.40. The molecule has 4 N–H and O–H groups in total. The molecule has 1 heterocycles. The SMILES string of the molecule is CC(C)(C)c1ccc(CN2C(=O)N(CC(=O)O)C(=O)[C@]2(C)c2ccc(C(=N)N)cc2)cc1. The first-order chi connectivity index (χ1) is 14.9. The van der Waals surface area contributed by atoms with Gasteiger partial charge in [-0.3, -0.25) is 19.9 Å². The zero-order chi connectivity index (χ0) is 23.8. The average molecular weight is 437 g/mol. The highest BCUT2D eigenvalue weighted by molar-refractivity contribution is 6.08. The maximum atomic E-state index is 13.3. The second-order valence-corrected chi connectivity index (χ2v) is 9.16. The number of benzene rings is 2.